The van der Waals surface area contributed by atoms with E-state index in [0.29, 0.717) is 0 Å². The highest BCUT2D eigenvalue weighted by Crippen LogP contribution is 2.24. The van der Waals surface area contributed by atoms with Crippen LogP contribution in [-0.4, -0.2) is 23.9 Å². The van der Waals surface area contributed by atoms with Crippen LogP contribution in [0.4, 0.5) is 16.2 Å². The van der Waals surface area contributed by atoms with Crippen LogP contribution in [0.25, 0.3) is 0 Å². The van der Waals surface area contributed by atoms with Crippen molar-refractivity contribution in [3.63, 3.8) is 0 Å². The molecule has 3 N–H and O–H groups in total. The third-order valence-electron chi connectivity index (χ3n) is 3.19. The van der Waals surface area contributed by atoms with Gasteiger partial charge in [-0.05, 0) is 60.9 Å². The number of benzene rings is 2. The highest BCUT2D eigenvalue weighted by molar-refractivity contribution is 6.31. The largest absolute Gasteiger partial charge is 0.457 e. The van der Waals surface area contributed by atoms with Crippen molar-refractivity contribution < 1.29 is 30.8 Å². The number of pyridine rings is 1. The van der Waals surface area contributed by atoms with E-state index in [-0.39, 0.29) is 28.4 Å². The molecule has 3 amide bonds. The van der Waals surface area contributed by atoms with Crippen LogP contribution in [0.15, 0.2) is 60.6 Å². The van der Waals surface area contributed by atoms with E-state index < -0.39 is 84.2 Å². The fourth-order valence-corrected chi connectivity index (χ4v) is 1.99. The Labute approximate surface area is 189 Å². The number of aromatic nitrogens is 1. The van der Waals surface area contributed by atoms with Gasteiger partial charge in [0.05, 0.1) is 12.3 Å². The summed E-state index contributed by atoms with van der Waals surface area (Å²) in [5.74, 6) is -3.10. The van der Waals surface area contributed by atoms with E-state index in [0.717, 1.165) is 0 Å². The van der Waals surface area contributed by atoms with Crippen molar-refractivity contribution >= 4 is 34.9 Å². The van der Waals surface area contributed by atoms with Crippen LogP contribution >= 0.6 is 11.6 Å². The van der Waals surface area contributed by atoms with E-state index in [2.05, 4.69) is 15.6 Å². The number of anilines is 2. The molecule has 0 radical (unpaired) electrons. The van der Waals surface area contributed by atoms with Gasteiger partial charge in [-0.2, -0.15) is 0 Å². The third kappa shape index (κ3) is 5.46. The molecule has 0 aliphatic heterocycles. The second-order valence-corrected chi connectivity index (χ2v) is 5.66. The molecule has 148 valence electrons. The standard InChI is InChI=1S/C21H19ClN4O3/c1-13-11-15(5-8-18(13)22)26-21(28)25-14-3-6-16(7-4-14)29-17-9-10-24-19(12-17)20(27)23-2/h3-12H,1-2H3,(H,23,27)(H2,25,26,28)/i2D3,3D,4D,5D,6D,7D,9D,10D,11D,12D. The minimum absolute atomic E-state index is 0.129. The summed E-state index contributed by atoms with van der Waals surface area (Å²) in [6.45, 7) is -1.47. The molecule has 0 saturated heterocycles. The Balaban J connectivity index is 2.00. The summed E-state index contributed by atoms with van der Waals surface area (Å²) in [6, 6.07) is -5.72. The van der Waals surface area contributed by atoms with E-state index in [9.17, 15) is 9.59 Å². The SMILES string of the molecule is [2H]c1cc(Cl)c(C)c([2H])c1NC(=O)Nc1c([2H])c([2H])c(Oc2c([2H])c([2H])nc(C(=O)NC([2H])([2H])[2H])c2[2H])c([2H])c1[2H]. The second kappa shape index (κ2) is 9.07. The first-order chi connectivity index (χ1) is 18.8. The first-order valence-corrected chi connectivity index (χ1v) is 8.16. The van der Waals surface area contributed by atoms with Gasteiger partial charge in [0.2, 0.25) is 0 Å². The summed E-state index contributed by atoms with van der Waals surface area (Å²) in [5, 5.41) is 6.07. The summed E-state index contributed by atoms with van der Waals surface area (Å²) in [5.41, 5.74) is -1.48. The molecule has 3 aromatic rings. The number of hydrogen-bond donors (Lipinski definition) is 3. The Bertz CT molecular complexity index is 1570. The smallest absolute Gasteiger partial charge is 0.323 e. The zero-order valence-electron chi connectivity index (χ0n) is 26.6. The lowest BCUT2D eigenvalue weighted by molar-refractivity contribution is 0.0958. The number of hydrogen-bond acceptors (Lipinski definition) is 4. The minimum atomic E-state index is -2.97. The molecule has 0 fully saturated rings. The average Bonchev–Trinajstić information content (AvgIpc) is 2.87. The maximum atomic E-state index is 12.6. The number of nitrogens with zero attached hydrogens (tertiary/aromatic N) is 1. The van der Waals surface area contributed by atoms with Crippen LogP contribution in [0.1, 0.15) is 32.5 Å². The van der Waals surface area contributed by atoms with E-state index in [1.165, 1.54) is 13.0 Å². The van der Waals surface area contributed by atoms with Crippen LogP contribution < -0.4 is 20.7 Å². The normalized spacial score (nSPS) is 16.5. The lowest BCUT2D eigenvalue weighted by atomic mass is 10.2. The molecular formula is C21H19ClN4O3. The number of urea groups is 1. The molecule has 8 heteroatoms. The maximum absolute atomic E-state index is 12.6. The van der Waals surface area contributed by atoms with Crippen molar-refractivity contribution in [1.82, 2.24) is 10.3 Å². The molecule has 0 unspecified atom stereocenters. The van der Waals surface area contributed by atoms with Gasteiger partial charge in [-0.3, -0.25) is 9.78 Å². The lowest BCUT2D eigenvalue weighted by Gasteiger charge is -2.10. The zero-order chi connectivity index (χ0) is 31.1. The first-order valence-electron chi connectivity index (χ1n) is 13.8. The van der Waals surface area contributed by atoms with Gasteiger partial charge in [-0.25, -0.2) is 4.79 Å². The van der Waals surface area contributed by atoms with E-state index >= 15 is 0 Å². The van der Waals surface area contributed by atoms with E-state index in [1.54, 1.807) is 5.32 Å². The summed E-state index contributed by atoms with van der Waals surface area (Å²) in [4.78, 5) is 28.3. The lowest BCUT2D eigenvalue weighted by Crippen LogP contribution is -2.19. The highest BCUT2D eigenvalue weighted by Gasteiger charge is 2.08. The predicted octanol–water partition coefficient (Wildman–Crippen LogP) is 4.84. The van der Waals surface area contributed by atoms with Crippen molar-refractivity contribution in [3.05, 3.63) is 76.9 Å². The van der Waals surface area contributed by atoms with Gasteiger partial charge in [0.1, 0.15) is 17.2 Å². The van der Waals surface area contributed by atoms with Gasteiger partial charge in [-0.1, -0.05) is 11.6 Å². The maximum Gasteiger partial charge on any atom is 0.323 e. The first kappa shape index (κ1) is 9.76. The number of ether oxygens (including phenoxy) is 1. The Hall–Kier alpha value is -3.58. The van der Waals surface area contributed by atoms with Gasteiger partial charge in [0.15, 0.2) is 0 Å². The topological polar surface area (TPSA) is 92.3 Å². The van der Waals surface area contributed by atoms with Crippen molar-refractivity contribution in [3.8, 4) is 11.5 Å². The fraction of sp³-hybridized carbons (Fsp3) is 0.0952. The summed E-state index contributed by atoms with van der Waals surface area (Å²) in [6.07, 6.45) is -0.906. The highest BCUT2D eigenvalue weighted by atomic mass is 35.5. The number of nitrogens with one attached hydrogen (secondary N) is 3. The Morgan fingerprint density at radius 3 is 2.59 bits per heavy atom. The number of halogens is 1. The molecule has 0 saturated carbocycles. The molecule has 0 aliphatic carbocycles. The monoisotopic (exact) mass is 422 g/mol. The molecule has 3 rings (SSSR count). The van der Waals surface area contributed by atoms with Crippen LogP contribution in [0.3, 0.4) is 0 Å². The van der Waals surface area contributed by atoms with Gasteiger partial charge in [0, 0.05) is 39.7 Å². The number of carbonyl (C=O) groups excluding carboxylic acids is 2. The fourth-order valence-electron chi connectivity index (χ4n) is 1.89. The molecule has 0 aliphatic rings. The Morgan fingerprint density at radius 1 is 1.07 bits per heavy atom. The zero-order valence-corrected chi connectivity index (χ0v) is 15.4. The van der Waals surface area contributed by atoms with Crippen molar-refractivity contribution in [2.45, 2.75) is 6.92 Å². The number of amides is 3. The molecule has 29 heavy (non-hydrogen) atoms. The molecule has 1 aromatic heterocycles. The van der Waals surface area contributed by atoms with Crippen LogP contribution in [0.2, 0.25) is 5.02 Å². The quantitative estimate of drug-likeness (QED) is 0.548. The Morgan fingerprint density at radius 2 is 1.83 bits per heavy atom. The van der Waals surface area contributed by atoms with Gasteiger partial charge < -0.3 is 20.7 Å². The molecular weight excluding hydrogens is 392 g/mol. The van der Waals surface area contributed by atoms with Gasteiger partial charge >= 0.3 is 6.03 Å². The number of rotatable bonds is 5. The predicted molar refractivity (Wildman–Crippen MR) is 113 cm³/mol. The Kier molecular flexibility index (Phi) is 3.05. The van der Waals surface area contributed by atoms with E-state index in [4.69, 9.17) is 32.8 Å². The van der Waals surface area contributed by atoms with Crippen LogP contribution in [0.5, 0.6) is 11.5 Å². The summed E-state index contributed by atoms with van der Waals surface area (Å²) >= 11 is 5.93. The summed E-state index contributed by atoms with van der Waals surface area (Å²) in [7, 11) is 0. The average molecular weight is 423 g/mol. The third-order valence-corrected chi connectivity index (χ3v) is 3.59. The second-order valence-electron chi connectivity index (χ2n) is 5.25. The van der Waals surface area contributed by atoms with Gasteiger partial charge in [-0.15, -0.1) is 0 Å². The van der Waals surface area contributed by atoms with E-state index in [1.807, 2.05) is 0 Å². The van der Waals surface area contributed by atoms with Crippen molar-refractivity contribution in [1.29, 1.82) is 0 Å². The van der Waals surface area contributed by atoms with Gasteiger partial charge in [0.25, 0.3) is 5.91 Å². The minimum Gasteiger partial charge on any atom is -0.457 e. The molecule has 0 atom stereocenters. The molecule has 0 bridgehead atoms. The van der Waals surface area contributed by atoms with Crippen LogP contribution in [-0.2, 0) is 0 Å². The molecule has 1 heterocycles. The van der Waals surface area contributed by atoms with Crippen molar-refractivity contribution in [2.24, 2.45) is 0 Å². The van der Waals surface area contributed by atoms with Crippen LogP contribution in [0, 0.1) is 6.92 Å². The summed E-state index contributed by atoms with van der Waals surface area (Å²) < 4.78 is 99.7. The van der Waals surface area contributed by atoms with Crippen molar-refractivity contribution in [2.75, 3.05) is 17.6 Å². The molecule has 2 aromatic carbocycles. The molecule has 0 spiro atoms. The number of carbonyl (C=O) groups is 2. The molecule has 7 nitrogen and oxygen atoms in total.